The number of aryl methyl sites for hydroxylation is 2. The van der Waals surface area contributed by atoms with Crippen molar-refractivity contribution < 1.29 is 13.2 Å². The molecule has 1 aromatic heterocycles. The number of carbonyl (C=O) groups excluding carboxylic acids is 1. The maximum atomic E-state index is 11.7. The van der Waals surface area contributed by atoms with Crippen molar-refractivity contribution in [1.82, 2.24) is 15.1 Å². The van der Waals surface area contributed by atoms with Gasteiger partial charge in [-0.2, -0.15) is 5.10 Å². The Morgan fingerprint density at radius 2 is 2.12 bits per heavy atom. The average molecular weight is 260 g/mol. The van der Waals surface area contributed by atoms with Crippen LogP contribution in [0.5, 0.6) is 0 Å². The summed E-state index contributed by atoms with van der Waals surface area (Å²) >= 11 is 0. The molecule has 0 atom stereocenters. The molecule has 0 aliphatic heterocycles. The van der Waals surface area contributed by atoms with Gasteiger partial charge in [-0.05, 0) is 6.92 Å². The maximum Gasteiger partial charge on any atom is 0.271 e. The second kappa shape index (κ2) is 4.74. The van der Waals surface area contributed by atoms with Gasteiger partial charge in [0, 0.05) is 19.8 Å². The van der Waals surface area contributed by atoms with E-state index in [1.807, 2.05) is 0 Å². The van der Waals surface area contributed by atoms with E-state index < -0.39 is 15.7 Å². The summed E-state index contributed by atoms with van der Waals surface area (Å²) in [4.78, 5) is 11.7. The Hall–Kier alpha value is -1.57. The predicted molar refractivity (Wildman–Crippen MR) is 64.4 cm³/mol. The normalized spacial score (nSPS) is 11.5. The zero-order chi connectivity index (χ0) is 13.2. The van der Waals surface area contributed by atoms with Crippen molar-refractivity contribution in [3.05, 3.63) is 11.4 Å². The molecule has 96 valence electrons. The summed E-state index contributed by atoms with van der Waals surface area (Å²) in [6.07, 6.45) is 1.11. The minimum atomic E-state index is -3.09. The number of aromatic nitrogens is 2. The van der Waals surface area contributed by atoms with E-state index in [4.69, 9.17) is 5.73 Å². The van der Waals surface area contributed by atoms with Gasteiger partial charge in [-0.3, -0.25) is 9.48 Å². The second-order valence-electron chi connectivity index (χ2n) is 3.86. The highest BCUT2D eigenvalue weighted by Gasteiger charge is 2.17. The Bertz CT molecular complexity index is 533. The van der Waals surface area contributed by atoms with Crippen LogP contribution in [0.4, 0.5) is 5.69 Å². The average Bonchev–Trinajstić information content (AvgIpc) is 2.38. The number of carbonyl (C=O) groups is 1. The van der Waals surface area contributed by atoms with Crippen LogP contribution in [0.15, 0.2) is 0 Å². The molecule has 0 bridgehead atoms. The molecular formula is C9H16N4O3S. The Morgan fingerprint density at radius 1 is 1.53 bits per heavy atom. The van der Waals surface area contributed by atoms with Gasteiger partial charge in [0.2, 0.25) is 0 Å². The van der Waals surface area contributed by atoms with Crippen LogP contribution in [0.2, 0.25) is 0 Å². The quantitative estimate of drug-likeness (QED) is 0.728. The van der Waals surface area contributed by atoms with E-state index in [-0.39, 0.29) is 18.0 Å². The fourth-order valence-corrected chi connectivity index (χ4v) is 1.85. The fraction of sp³-hybridized carbons (Fsp3) is 0.556. The number of nitrogen functional groups attached to an aromatic ring is 1. The highest BCUT2D eigenvalue weighted by molar-refractivity contribution is 7.90. The third kappa shape index (κ3) is 3.45. The highest BCUT2D eigenvalue weighted by Crippen LogP contribution is 2.14. The molecule has 1 aromatic rings. The fourth-order valence-electron chi connectivity index (χ4n) is 1.38. The minimum absolute atomic E-state index is 0.0569. The van der Waals surface area contributed by atoms with Gasteiger partial charge in [-0.1, -0.05) is 0 Å². The van der Waals surface area contributed by atoms with Crippen LogP contribution in [0.25, 0.3) is 0 Å². The van der Waals surface area contributed by atoms with Crippen molar-refractivity contribution in [1.29, 1.82) is 0 Å². The molecule has 0 aliphatic rings. The van der Waals surface area contributed by atoms with Gasteiger partial charge < -0.3 is 11.1 Å². The van der Waals surface area contributed by atoms with Crippen LogP contribution in [0.1, 0.15) is 16.2 Å². The van der Waals surface area contributed by atoms with Crippen LogP contribution in [-0.4, -0.2) is 42.7 Å². The number of amides is 1. The zero-order valence-corrected chi connectivity index (χ0v) is 10.8. The number of hydrogen-bond donors (Lipinski definition) is 2. The van der Waals surface area contributed by atoms with Crippen molar-refractivity contribution in [2.24, 2.45) is 7.05 Å². The largest absolute Gasteiger partial charge is 0.395 e. The molecule has 1 rings (SSSR count). The molecule has 8 heteroatoms. The molecule has 0 spiro atoms. The number of nitrogens with one attached hydrogen (secondary N) is 1. The molecule has 3 N–H and O–H groups in total. The molecular weight excluding hydrogens is 244 g/mol. The number of hydrogen-bond acceptors (Lipinski definition) is 5. The van der Waals surface area contributed by atoms with Gasteiger partial charge >= 0.3 is 0 Å². The van der Waals surface area contributed by atoms with Crippen molar-refractivity contribution >= 4 is 21.4 Å². The van der Waals surface area contributed by atoms with Crippen LogP contribution >= 0.6 is 0 Å². The SMILES string of the molecule is Cc1nn(C)c(C(=O)NCCS(C)(=O)=O)c1N. The van der Waals surface area contributed by atoms with Gasteiger partial charge in [0.15, 0.2) is 0 Å². The Morgan fingerprint density at radius 3 is 2.53 bits per heavy atom. The van der Waals surface area contributed by atoms with Crippen LogP contribution in [-0.2, 0) is 16.9 Å². The van der Waals surface area contributed by atoms with E-state index >= 15 is 0 Å². The first kappa shape index (κ1) is 13.5. The van der Waals surface area contributed by atoms with Crippen LogP contribution < -0.4 is 11.1 Å². The third-order valence-electron chi connectivity index (χ3n) is 2.24. The van der Waals surface area contributed by atoms with E-state index in [9.17, 15) is 13.2 Å². The zero-order valence-electron chi connectivity index (χ0n) is 10.0. The van der Waals surface area contributed by atoms with Gasteiger partial charge in [0.05, 0.1) is 17.1 Å². The monoisotopic (exact) mass is 260 g/mol. The lowest BCUT2D eigenvalue weighted by Crippen LogP contribution is -2.30. The van der Waals surface area contributed by atoms with Gasteiger partial charge in [-0.25, -0.2) is 8.42 Å². The molecule has 0 aromatic carbocycles. The number of nitrogens with two attached hydrogens (primary N) is 1. The van der Waals surface area contributed by atoms with E-state index in [1.54, 1.807) is 14.0 Å². The molecule has 0 aliphatic carbocycles. The third-order valence-corrected chi connectivity index (χ3v) is 3.19. The number of anilines is 1. The van der Waals surface area contributed by atoms with E-state index in [0.29, 0.717) is 11.4 Å². The summed E-state index contributed by atoms with van der Waals surface area (Å²) in [6, 6.07) is 0. The maximum absolute atomic E-state index is 11.7. The van der Waals surface area contributed by atoms with E-state index in [2.05, 4.69) is 10.4 Å². The summed E-state index contributed by atoms with van der Waals surface area (Å²) in [5, 5.41) is 6.49. The lowest BCUT2D eigenvalue weighted by atomic mass is 10.3. The highest BCUT2D eigenvalue weighted by atomic mass is 32.2. The first-order valence-corrected chi connectivity index (χ1v) is 7.03. The standard InChI is InChI=1S/C9H16N4O3S/c1-6-7(10)8(13(2)12-6)9(14)11-4-5-17(3,15)16/h4-5,10H2,1-3H3,(H,11,14). The number of rotatable bonds is 4. The molecule has 0 radical (unpaired) electrons. The lowest BCUT2D eigenvalue weighted by Gasteiger charge is -2.05. The van der Waals surface area contributed by atoms with E-state index in [0.717, 1.165) is 6.26 Å². The molecule has 0 saturated heterocycles. The topological polar surface area (TPSA) is 107 Å². The Balaban J connectivity index is 2.71. The first-order chi connectivity index (χ1) is 7.72. The molecule has 0 saturated carbocycles. The van der Waals surface area contributed by atoms with Crippen molar-refractivity contribution in [3.63, 3.8) is 0 Å². The minimum Gasteiger partial charge on any atom is -0.395 e. The molecule has 1 amide bonds. The van der Waals surface area contributed by atoms with Crippen molar-refractivity contribution in [2.75, 3.05) is 24.3 Å². The second-order valence-corrected chi connectivity index (χ2v) is 6.12. The Kier molecular flexibility index (Phi) is 3.76. The van der Waals surface area contributed by atoms with Crippen LogP contribution in [0.3, 0.4) is 0 Å². The van der Waals surface area contributed by atoms with Gasteiger partial charge in [-0.15, -0.1) is 0 Å². The molecule has 0 unspecified atom stereocenters. The van der Waals surface area contributed by atoms with Crippen LogP contribution in [0, 0.1) is 6.92 Å². The molecule has 17 heavy (non-hydrogen) atoms. The summed E-state index contributed by atoms with van der Waals surface area (Å²) in [5.41, 5.74) is 6.83. The molecule has 0 fully saturated rings. The summed E-state index contributed by atoms with van der Waals surface area (Å²) in [7, 11) is -1.48. The summed E-state index contributed by atoms with van der Waals surface area (Å²) in [6.45, 7) is 1.75. The Labute approximate surface area is 99.9 Å². The lowest BCUT2D eigenvalue weighted by molar-refractivity contribution is 0.0947. The van der Waals surface area contributed by atoms with Gasteiger partial charge in [0.1, 0.15) is 15.5 Å². The number of nitrogens with zero attached hydrogens (tertiary/aromatic N) is 2. The predicted octanol–water partition coefficient (Wildman–Crippen LogP) is -0.915. The van der Waals surface area contributed by atoms with Crippen molar-refractivity contribution in [2.45, 2.75) is 6.92 Å². The van der Waals surface area contributed by atoms with Gasteiger partial charge in [0.25, 0.3) is 5.91 Å². The molecule has 7 nitrogen and oxygen atoms in total. The molecule has 1 heterocycles. The van der Waals surface area contributed by atoms with Crippen molar-refractivity contribution in [3.8, 4) is 0 Å². The number of sulfone groups is 1. The first-order valence-electron chi connectivity index (χ1n) is 4.97. The summed E-state index contributed by atoms with van der Waals surface area (Å²) < 4.78 is 23.2. The van der Waals surface area contributed by atoms with E-state index in [1.165, 1.54) is 4.68 Å². The smallest absolute Gasteiger partial charge is 0.271 e. The summed E-state index contributed by atoms with van der Waals surface area (Å²) in [5.74, 6) is -0.524.